The molecular weight excluding hydrogens is 338 g/mol. The highest BCUT2D eigenvalue weighted by atomic mass is 32.1. The molecule has 0 unspecified atom stereocenters. The molecule has 1 saturated heterocycles. The van der Waals surface area contributed by atoms with Gasteiger partial charge in [-0.3, -0.25) is 19.6 Å². The van der Waals surface area contributed by atoms with Crippen LogP contribution in [0.25, 0.3) is 0 Å². The van der Waals surface area contributed by atoms with Crippen LogP contribution in [0.5, 0.6) is 0 Å². The quantitative estimate of drug-likeness (QED) is 0.877. The summed E-state index contributed by atoms with van der Waals surface area (Å²) in [6.07, 6.45) is 6.29. The second kappa shape index (κ2) is 8.15. The number of nitrogens with one attached hydrogen (secondary N) is 1. The highest BCUT2D eigenvalue weighted by molar-refractivity contribution is 7.07. The van der Waals surface area contributed by atoms with E-state index in [1.54, 1.807) is 23.3 Å². The molecule has 0 atom stereocenters. The molecule has 2 aromatic heterocycles. The number of thiazole rings is 1. The Labute approximate surface area is 150 Å². The number of hydrogen-bond donors (Lipinski definition) is 1. The van der Waals surface area contributed by atoms with Gasteiger partial charge in [0.25, 0.3) is 5.91 Å². The lowest BCUT2D eigenvalue weighted by molar-refractivity contribution is -0.119. The van der Waals surface area contributed by atoms with Crippen molar-refractivity contribution in [3.8, 4) is 0 Å². The van der Waals surface area contributed by atoms with Crippen LogP contribution >= 0.6 is 11.3 Å². The van der Waals surface area contributed by atoms with Crippen molar-refractivity contribution in [1.29, 1.82) is 0 Å². The largest absolute Gasteiger partial charge is 0.351 e. The molecule has 3 rings (SSSR count). The third-order valence-electron chi connectivity index (χ3n) is 4.33. The van der Waals surface area contributed by atoms with Gasteiger partial charge >= 0.3 is 0 Å². The Balaban J connectivity index is 1.47. The standard InChI is InChI=1S/C17H21N5O2S/c1-12(23)18-8-15-9-19-14(7-20-15)6-13-2-4-22(5-3-13)17(24)16-10-25-11-21-16/h7,9-11,13H,2-6,8H2,1H3,(H,18,23). The maximum absolute atomic E-state index is 12.3. The van der Waals surface area contributed by atoms with Crippen molar-refractivity contribution in [2.75, 3.05) is 13.1 Å². The summed E-state index contributed by atoms with van der Waals surface area (Å²) in [7, 11) is 0. The number of aromatic nitrogens is 3. The van der Waals surface area contributed by atoms with Gasteiger partial charge in [0.15, 0.2) is 0 Å². The van der Waals surface area contributed by atoms with Gasteiger partial charge in [0.2, 0.25) is 5.91 Å². The summed E-state index contributed by atoms with van der Waals surface area (Å²) in [6, 6.07) is 0. The van der Waals surface area contributed by atoms with E-state index < -0.39 is 0 Å². The van der Waals surface area contributed by atoms with E-state index in [4.69, 9.17) is 0 Å². The minimum atomic E-state index is -0.0789. The molecule has 1 N–H and O–H groups in total. The third-order valence-corrected chi connectivity index (χ3v) is 4.91. The van der Waals surface area contributed by atoms with Crippen LogP contribution in [0.2, 0.25) is 0 Å². The number of amides is 2. The summed E-state index contributed by atoms with van der Waals surface area (Å²) in [6.45, 7) is 3.40. The molecule has 1 aliphatic heterocycles. The Hall–Kier alpha value is -2.35. The fourth-order valence-electron chi connectivity index (χ4n) is 2.91. The van der Waals surface area contributed by atoms with E-state index in [-0.39, 0.29) is 11.8 Å². The van der Waals surface area contributed by atoms with Crippen LogP contribution in [0.4, 0.5) is 0 Å². The molecular formula is C17H21N5O2S. The highest BCUT2D eigenvalue weighted by Gasteiger charge is 2.24. The van der Waals surface area contributed by atoms with E-state index in [1.807, 2.05) is 4.90 Å². The molecule has 2 aromatic rings. The smallest absolute Gasteiger partial charge is 0.273 e. The minimum absolute atomic E-state index is 0.0295. The van der Waals surface area contributed by atoms with Gasteiger partial charge < -0.3 is 10.2 Å². The maximum Gasteiger partial charge on any atom is 0.273 e. The molecule has 0 aromatic carbocycles. The van der Waals surface area contributed by atoms with Crippen LogP contribution in [0, 0.1) is 5.92 Å². The summed E-state index contributed by atoms with van der Waals surface area (Å²) in [5, 5.41) is 4.50. The number of piperidine rings is 1. The van der Waals surface area contributed by atoms with Crippen LogP contribution < -0.4 is 5.32 Å². The van der Waals surface area contributed by atoms with Crippen molar-refractivity contribution >= 4 is 23.2 Å². The first kappa shape index (κ1) is 17.5. The van der Waals surface area contributed by atoms with Gasteiger partial charge in [0.1, 0.15) is 5.69 Å². The second-order valence-electron chi connectivity index (χ2n) is 6.22. The van der Waals surface area contributed by atoms with Crippen molar-refractivity contribution in [2.45, 2.75) is 32.7 Å². The van der Waals surface area contributed by atoms with E-state index in [0.29, 0.717) is 18.2 Å². The minimum Gasteiger partial charge on any atom is -0.351 e. The van der Waals surface area contributed by atoms with Gasteiger partial charge in [-0.2, -0.15) is 0 Å². The van der Waals surface area contributed by atoms with Gasteiger partial charge in [0.05, 0.1) is 29.6 Å². The number of carbonyl (C=O) groups is 2. The Bertz CT molecular complexity index is 709. The van der Waals surface area contributed by atoms with Crippen LogP contribution in [0.3, 0.4) is 0 Å². The first-order chi connectivity index (χ1) is 12.1. The summed E-state index contributed by atoms with van der Waals surface area (Å²) < 4.78 is 0. The molecule has 8 heteroatoms. The molecule has 25 heavy (non-hydrogen) atoms. The molecule has 7 nitrogen and oxygen atoms in total. The number of likely N-dealkylation sites (tertiary alicyclic amines) is 1. The molecule has 132 valence electrons. The molecule has 0 aliphatic carbocycles. The van der Waals surface area contributed by atoms with E-state index in [1.165, 1.54) is 18.3 Å². The maximum atomic E-state index is 12.3. The lowest BCUT2D eigenvalue weighted by Crippen LogP contribution is -2.39. The zero-order chi connectivity index (χ0) is 17.6. The van der Waals surface area contributed by atoms with Crippen molar-refractivity contribution in [3.63, 3.8) is 0 Å². The van der Waals surface area contributed by atoms with Crippen molar-refractivity contribution in [2.24, 2.45) is 5.92 Å². The number of carbonyl (C=O) groups excluding carboxylic acids is 2. The lowest BCUT2D eigenvalue weighted by atomic mass is 9.92. The Kier molecular flexibility index (Phi) is 5.70. The predicted molar refractivity (Wildman–Crippen MR) is 94.0 cm³/mol. The van der Waals surface area contributed by atoms with Crippen molar-refractivity contribution < 1.29 is 9.59 Å². The number of nitrogens with zero attached hydrogens (tertiary/aromatic N) is 4. The van der Waals surface area contributed by atoms with Gasteiger partial charge in [-0.1, -0.05) is 0 Å². The Morgan fingerprint density at radius 3 is 2.52 bits per heavy atom. The fraction of sp³-hybridized carbons (Fsp3) is 0.471. The zero-order valence-electron chi connectivity index (χ0n) is 14.1. The predicted octanol–water partition coefficient (Wildman–Crippen LogP) is 1.66. The average Bonchev–Trinajstić information content (AvgIpc) is 3.16. The van der Waals surface area contributed by atoms with Crippen LogP contribution in [0.15, 0.2) is 23.3 Å². The van der Waals surface area contributed by atoms with Gasteiger partial charge in [0, 0.05) is 31.6 Å². The van der Waals surface area contributed by atoms with Crippen LogP contribution in [-0.2, 0) is 17.8 Å². The molecule has 0 saturated carbocycles. The number of rotatable bonds is 5. The van der Waals surface area contributed by atoms with E-state index in [2.05, 4.69) is 20.3 Å². The topological polar surface area (TPSA) is 88.1 Å². The monoisotopic (exact) mass is 359 g/mol. The first-order valence-corrected chi connectivity index (χ1v) is 9.28. The molecule has 0 spiro atoms. The molecule has 1 aliphatic rings. The molecule has 0 radical (unpaired) electrons. The van der Waals surface area contributed by atoms with E-state index >= 15 is 0 Å². The van der Waals surface area contributed by atoms with Crippen molar-refractivity contribution in [3.05, 3.63) is 40.4 Å². The summed E-state index contributed by atoms with van der Waals surface area (Å²) in [4.78, 5) is 38.0. The Morgan fingerprint density at radius 2 is 1.92 bits per heavy atom. The third kappa shape index (κ3) is 4.82. The highest BCUT2D eigenvalue weighted by Crippen LogP contribution is 2.22. The molecule has 3 heterocycles. The van der Waals surface area contributed by atoms with Crippen LogP contribution in [-0.4, -0.2) is 44.8 Å². The summed E-state index contributed by atoms with van der Waals surface area (Å²) in [5.41, 5.74) is 3.94. The van der Waals surface area contributed by atoms with E-state index in [9.17, 15) is 9.59 Å². The van der Waals surface area contributed by atoms with Crippen LogP contribution in [0.1, 0.15) is 41.6 Å². The molecule has 2 amide bonds. The summed E-state index contributed by atoms with van der Waals surface area (Å²) >= 11 is 1.44. The normalized spacial score (nSPS) is 15.2. The molecule has 1 fully saturated rings. The van der Waals surface area contributed by atoms with Gasteiger partial charge in [-0.05, 0) is 25.2 Å². The zero-order valence-corrected chi connectivity index (χ0v) is 15.0. The van der Waals surface area contributed by atoms with E-state index in [0.717, 1.165) is 43.7 Å². The van der Waals surface area contributed by atoms with Gasteiger partial charge in [-0.15, -0.1) is 11.3 Å². The first-order valence-electron chi connectivity index (χ1n) is 8.33. The number of hydrogen-bond acceptors (Lipinski definition) is 6. The fourth-order valence-corrected chi connectivity index (χ4v) is 3.44. The average molecular weight is 359 g/mol. The Morgan fingerprint density at radius 1 is 1.20 bits per heavy atom. The van der Waals surface area contributed by atoms with Crippen molar-refractivity contribution in [1.82, 2.24) is 25.2 Å². The lowest BCUT2D eigenvalue weighted by Gasteiger charge is -2.31. The molecule has 0 bridgehead atoms. The summed E-state index contributed by atoms with van der Waals surface area (Å²) in [5.74, 6) is 0.460. The van der Waals surface area contributed by atoms with Gasteiger partial charge in [-0.25, -0.2) is 4.98 Å². The second-order valence-corrected chi connectivity index (χ2v) is 6.94. The SMILES string of the molecule is CC(=O)NCc1cnc(CC2CCN(C(=O)c3cscn3)CC2)cn1.